The summed E-state index contributed by atoms with van der Waals surface area (Å²) in [5.74, 6) is 0.511. The van der Waals surface area contributed by atoms with Gasteiger partial charge in [0.25, 0.3) is 5.69 Å². The minimum absolute atomic E-state index is 0.0459. The summed E-state index contributed by atoms with van der Waals surface area (Å²) in [6, 6.07) is 13.5. The Labute approximate surface area is 109 Å². The Kier molecular flexibility index (Phi) is 3.79. The molecule has 0 amide bonds. The van der Waals surface area contributed by atoms with Gasteiger partial charge in [0.2, 0.25) is 0 Å². The number of nitro benzene ring substituents is 1. The minimum Gasteiger partial charge on any atom is -0.487 e. The molecule has 0 aliphatic rings. The van der Waals surface area contributed by atoms with Crippen LogP contribution in [0, 0.1) is 10.1 Å². The lowest BCUT2D eigenvalue weighted by atomic mass is 10.2. The summed E-state index contributed by atoms with van der Waals surface area (Å²) in [5, 5.41) is 11.3. The lowest BCUT2D eigenvalue weighted by molar-refractivity contribution is -0.385. The maximum Gasteiger partial charge on any atom is 0.276 e. The van der Waals surface area contributed by atoms with E-state index in [9.17, 15) is 10.1 Å². The Morgan fingerprint density at radius 1 is 1.11 bits per heavy atom. The van der Waals surface area contributed by atoms with Crippen molar-refractivity contribution in [2.24, 2.45) is 0 Å². The smallest absolute Gasteiger partial charge is 0.276 e. The third kappa shape index (κ3) is 2.78. The Morgan fingerprint density at radius 2 is 1.78 bits per heavy atom. The van der Waals surface area contributed by atoms with E-state index in [2.05, 4.69) is 0 Å². The SMILES string of the molecule is O=[N+]([O-])c1ccccc1COc1ccccc1Cl. The van der Waals surface area contributed by atoms with E-state index in [1.807, 2.05) is 0 Å². The molecule has 0 bridgehead atoms. The van der Waals surface area contributed by atoms with E-state index in [-0.39, 0.29) is 12.3 Å². The molecule has 2 rings (SSSR count). The lowest BCUT2D eigenvalue weighted by Gasteiger charge is -2.07. The van der Waals surface area contributed by atoms with Gasteiger partial charge < -0.3 is 4.74 Å². The van der Waals surface area contributed by atoms with Crippen molar-refractivity contribution in [2.75, 3.05) is 0 Å². The summed E-state index contributed by atoms with van der Waals surface area (Å²) >= 11 is 5.93. The maximum atomic E-state index is 10.8. The van der Waals surface area contributed by atoms with Crippen molar-refractivity contribution in [1.82, 2.24) is 0 Å². The van der Waals surface area contributed by atoms with Gasteiger partial charge in [-0.25, -0.2) is 0 Å². The van der Waals surface area contributed by atoms with Crippen LogP contribution in [-0.2, 0) is 6.61 Å². The predicted octanol–water partition coefficient (Wildman–Crippen LogP) is 3.83. The molecule has 0 heterocycles. The first-order valence-corrected chi connectivity index (χ1v) is 5.66. The molecular formula is C13H10ClNO3. The second-order valence-corrected chi connectivity index (χ2v) is 4.01. The van der Waals surface area contributed by atoms with Gasteiger partial charge in [0.15, 0.2) is 0 Å². The second-order valence-electron chi connectivity index (χ2n) is 3.60. The van der Waals surface area contributed by atoms with Gasteiger partial charge in [0.05, 0.1) is 15.5 Å². The summed E-state index contributed by atoms with van der Waals surface area (Å²) in [7, 11) is 0. The van der Waals surface area contributed by atoms with Crippen LogP contribution in [0.25, 0.3) is 0 Å². The van der Waals surface area contributed by atoms with Crippen LogP contribution in [0.15, 0.2) is 48.5 Å². The maximum absolute atomic E-state index is 10.8. The van der Waals surface area contributed by atoms with E-state index in [1.165, 1.54) is 6.07 Å². The molecule has 92 valence electrons. The number of halogens is 1. The van der Waals surface area contributed by atoms with Crippen LogP contribution < -0.4 is 4.74 Å². The highest BCUT2D eigenvalue weighted by atomic mass is 35.5. The molecule has 0 fully saturated rings. The van der Waals surface area contributed by atoms with Crippen molar-refractivity contribution in [3.63, 3.8) is 0 Å². The molecular weight excluding hydrogens is 254 g/mol. The Balaban J connectivity index is 2.16. The quantitative estimate of drug-likeness (QED) is 0.622. The number of hydrogen-bond acceptors (Lipinski definition) is 3. The van der Waals surface area contributed by atoms with E-state index >= 15 is 0 Å². The van der Waals surface area contributed by atoms with Crippen LogP contribution in [0.2, 0.25) is 5.02 Å². The fourth-order valence-electron chi connectivity index (χ4n) is 1.53. The monoisotopic (exact) mass is 263 g/mol. The summed E-state index contributed by atoms with van der Waals surface area (Å²) in [6.07, 6.45) is 0. The second kappa shape index (κ2) is 5.51. The van der Waals surface area contributed by atoms with Crippen molar-refractivity contribution < 1.29 is 9.66 Å². The first-order chi connectivity index (χ1) is 8.68. The Morgan fingerprint density at radius 3 is 2.50 bits per heavy atom. The minimum atomic E-state index is -0.425. The topological polar surface area (TPSA) is 52.4 Å². The summed E-state index contributed by atoms with van der Waals surface area (Å²) in [4.78, 5) is 10.4. The zero-order valence-corrected chi connectivity index (χ0v) is 10.1. The fourth-order valence-corrected chi connectivity index (χ4v) is 1.72. The average molecular weight is 264 g/mol. The highest BCUT2D eigenvalue weighted by Gasteiger charge is 2.12. The van der Waals surface area contributed by atoms with Gasteiger partial charge in [-0.15, -0.1) is 0 Å². The summed E-state index contributed by atoms with van der Waals surface area (Å²) in [5.41, 5.74) is 0.562. The highest BCUT2D eigenvalue weighted by molar-refractivity contribution is 6.32. The Hall–Kier alpha value is -2.07. The number of hydrogen-bond donors (Lipinski definition) is 0. The molecule has 0 unspecified atom stereocenters. The number of rotatable bonds is 4. The summed E-state index contributed by atoms with van der Waals surface area (Å²) in [6.45, 7) is 0.112. The lowest BCUT2D eigenvalue weighted by Crippen LogP contribution is -2.00. The largest absolute Gasteiger partial charge is 0.487 e. The van der Waals surface area contributed by atoms with Crippen molar-refractivity contribution in [3.05, 3.63) is 69.2 Å². The normalized spacial score (nSPS) is 10.1. The number of benzene rings is 2. The van der Waals surface area contributed by atoms with Gasteiger partial charge in [-0.1, -0.05) is 35.9 Å². The molecule has 0 atom stereocenters. The Bertz CT molecular complexity index is 572. The molecule has 0 aromatic heterocycles. The number of nitrogens with zero attached hydrogens (tertiary/aromatic N) is 1. The van der Waals surface area contributed by atoms with Gasteiger partial charge in [-0.2, -0.15) is 0 Å². The van der Waals surface area contributed by atoms with E-state index in [0.717, 1.165) is 0 Å². The van der Waals surface area contributed by atoms with Crippen LogP contribution in [0.5, 0.6) is 5.75 Å². The van der Waals surface area contributed by atoms with E-state index < -0.39 is 4.92 Å². The van der Waals surface area contributed by atoms with Crippen LogP contribution >= 0.6 is 11.6 Å². The fraction of sp³-hybridized carbons (Fsp3) is 0.0769. The van der Waals surface area contributed by atoms with Crippen molar-refractivity contribution in [3.8, 4) is 5.75 Å². The van der Waals surface area contributed by atoms with Crippen molar-refractivity contribution in [1.29, 1.82) is 0 Å². The van der Waals surface area contributed by atoms with Crippen LogP contribution in [0.3, 0.4) is 0 Å². The predicted molar refractivity (Wildman–Crippen MR) is 68.9 cm³/mol. The molecule has 0 aliphatic carbocycles. The van der Waals surface area contributed by atoms with Gasteiger partial charge in [-0.05, 0) is 18.2 Å². The number of ether oxygens (including phenoxy) is 1. The van der Waals surface area contributed by atoms with Crippen LogP contribution in [0.1, 0.15) is 5.56 Å². The molecule has 5 heteroatoms. The molecule has 0 aliphatic heterocycles. The van der Waals surface area contributed by atoms with Crippen LogP contribution in [-0.4, -0.2) is 4.92 Å². The molecule has 0 spiro atoms. The third-order valence-electron chi connectivity index (χ3n) is 2.41. The highest BCUT2D eigenvalue weighted by Crippen LogP contribution is 2.25. The first kappa shape index (κ1) is 12.4. The van der Waals surface area contributed by atoms with E-state index in [0.29, 0.717) is 16.3 Å². The molecule has 4 nitrogen and oxygen atoms in total. The zero-order chi connectivity index (χ0) is 13.0. The molecule has 0 saturated carbocycles. The average Bonchev–Trinajstić information content (AvgIpc) is 2.38. The molecule has 2 aromatic rings. The van der Waals surface area contributed by atoms with Gasteiger partial charge in [-0.3, -0.25) is 10.1 Å². The van der Waals surface area contributed by atoms with Gasteiger partial charge >= 0.3 is 0 Å². The summed E-state index contributed by atoms with van der Waals surface area (Å²) < 4.78 is 5.48. The number of para-hydroxylation sites is 2. The molecule has 0 saturated heterocycles. The zero-order valence-electron chi connectivity index (χ0n) is 9.38. The van der Waals surface area contributed by atoms with Crippen molar-refractivity contribution >= 4 is 17.3 Å². The van der Waals surface area contributed by atoms with Crippen molar-refractivity contribution in [2.45, 2.75) is 6.61 Å². The third-order valence-corrected chi connectivity index (χ3v) is 2.72. The van der Waals surface area contributed by atoms with E-state index in [1.54, 1.807) is 42.5 Å². The molecule has 0 radical (unpaired) electrons. The van der Waals surface area contributed by atoms with E-state index in [4.69, 9.17) is 16.3 Å². The molecule has 18 heavy (non-hydrogen) atoms. The first-order valence-electron chi connectivity index (χ1n) is 5.28. The van der Waals surface area contributed by atoms with Crippen LogP contribution in [0.4, 0.5) is 5.69 Å². The van der Waals surface area contributed by atoms with Gasteiger partial charge in [0.1, 0.15) is 12.4 Å². The number of nitro groups is 1. The molecule has 2 aromatic carbocycles. The molecule has 0 N–H and O–H groups in total. The van der Waals surface area contributed by atoms with Gasteiger partial charge in [0, 0.05) is 6.07 Å². The standard InChI is InChI=1S/C13H10ClNO3/c14-11-6-2-4-8-13(11)18-9-10-5-1-3-7-12(10)15(16)17/h1-8H,9H2.